The van der Waals surface area contributed by atoms with Crippen LogP contribution in [0.25, 0.3) is 0 Å². The van der Waals surface area contributed by atoms with Crippen molar-refractivity contribution < 1.29 is 53.4 Å². The lowest BCUT2D eigenvalue weighted by Gasteiger charge is -2.59. The van der Waals surface area contributed by atoms with Gasteiger partial charge in [-0.05, 0) is 73.3 Å². The quantitative estimate of drug-likeness (QED) is 0.0312. The fourth-order valence-electron chi connectivity index (χ4n) is 10.3. The molecular weight excluding hydrogens is 855 g/mol. The SMILES string of the molecule is C=CCO[C@@]12Oc3ccc(OC(=O)NCc4ccccc4)cc3[C@H]3[C@H](CCCCO)[C@@H](CCCCO)C=C(C(=NOC)C[C@@H]1N(CCOCCO)C(=O)OCCCCCCCCCCCC)[C@H]32. The third-order valence-electron chi connectivity index (χ3n) is 13.4. The molecule has 5 rings (SSSR count). The van der Waals surface area contributed by atoms with E-state index in [1.165, 1.54) is 45.6 Å². The Kier molecular flexibility index (Phi) is 23.5. The molecule has 0 spiro atoms. The molecule has 6 atom stereocenters. The van der Waals surface area contributed by atoms with E-state index in [1.54, 1.807) is 17.0 Å². The Morgan fingerprint density at radius 3 is 2.28 bits per heavy atom. The standard InChI is InChI=1S/C53H79N3O11/c1-4-6-7-8-9-10-11-12-13-21-33-64-52(61)56(28-34-63-35-31-59)48-38-46(55-62-3)44-36-41(24-17-19-29-57)43(25-18-20-30-58)49-45-37-42(66-51(60)54-39-40-22-15-14-16-23-40)26-27-47(45)67-53(48,50(44)49)65-32-5-2/h5,14-16,22-23,26-27,36-37,41,43,48-50,57-59H,2,4,6-13,17-21,24-25,28-35,38-39H2,1,3H3,(H,54,60)/t41-,43+,48-,49+,50+,53+/m0/s1. The zero-order valence-corrected chi connectivity index (χ0v) is 40.3. The van der Waals surface area contributed by atoms with Gasteiger partial charge >= 0.3 is 12.2 Å². The number of benzene rings is 2. The number of nitrogens with zero attached hydrogens (tertiary/aromatic N) is 2. The highest BCUT2D eigenvalue weighted by molar-refractivity contribution is 6.03. The summed E-state index contributed by atoms with van der Waals surface area (Å²) in [6.45, 7) is 7.20. The first kappa shape index (κ1) is 53.5. The average molecular weight is 934 g/mol. The van der Waals surface area contributed by atoms with Gasteiger partial charge in [0, 0.05) is 44.2 Å². The van der Waals surface area contributed by atoms with Crippen molar-refractivity contribution in [3.8, 4) is 11.5 Å². The predicted octanol–water partition coefficient (Wildman–Crippen LogP) is 9.61. The van der Waals surface area contributed by atoms with Crippen LogP contribution in [0.15, 0.2) is 78.0 Å². The largest absolute Gasteiger partial charge is 0.459 e. The Morgan fingerprint density at radius 1 is 0.881 bits per heavy atom. The van der Waals surface area contributed by atoms with Gasteiger partial charge in [0.15, 0.2) is 0 Å². The molecular formula is C53H79N3O11. The lowest BCUT2D eigenvalue weighted by atomic mass is 9.55. The summed E-state index contributed by atoms with van der Waals surface area (Å²) in [5, 5.41) is 36.9. The van der Waals surface area contributed by atoms with Crippen LogP contribution in [0.3, 0.4) is 0 Å². The maximum absolute atomic E-state index is 14.6. The first-order valence-corrected chi connectivity index (χ1v) is 25.1. The van der Waals surface area contributed by atoms with Gasteiger partial charge in [-0.25, -0.2) is 9.59 Å². The Labute approximate surface area is 399 Å². The van der Waals surface area contributed by atoms with Crippen molar-refractivity contribution in [1.82, 2.24) is 10.2 Å². The summed E-state index contributed by atoms with van der Waals surface area (Å²) in [6.07, 6.45) is 18.9. The molecule has 1 heterocycles. The van der Waals surface area contributed by atoms with Crippen molar-refractivity contribution >= 4 is 17.9 Å². The van der Waals surface area contributed by atoms with Gasteiger partial charge in [-0.15, -0.1) is 6.58 Å². The van der Waals surface area contributed by atoms with Gasteiger partial charge < -0.3 is 49.2 Å². The summed E-state index contributed by atoms with van der Waals surface area (Å²) in [5.41, 5.74) is 3.28. The number of hydrogen-bond donors (Lipinski definition) is 4. The average Bonchev–Trinajstić information content (AvgIpc) is 3.34. The van der Waals surface area contributed by atoms with Crippen LogP contribution in [-0.2, 0) is 25.6 Å². The molecule has 0 unspecified atom stereocenters. The van der Waals surface area contributed by atoms with Crippen molar-refractivity contribution in [1.29, 1.82) is 0 Å². The van der Waals surface area contributed by atoms with Gasteiger partial charge in [-0.2, -0.15) is 0 Å². The van der Waals surface area contributed by atoms with E-state index in [9.17, 15) is 24.9 Å². The number of aliphatic hydroxyl groups is 3. The lowest BCUT2D eigenvalue weighted by Crippen LogP contribution is -2.70. The maximum atomic E-state index is 14.6. The zero-order valence-electron chi connectivity index (χ0n) is 40.3. The number of fused-ring (bicyclic) bond motifs is 2. The highest BCUT2D eigenvalue weighted by Gasteiger charge is 2.65. The van der Waals surface area contributed by atoms with E-state index < -0.39 is 29.9 Å². The molecule has 2 aromatic rings. The van der Waals surface area contributed by atoms with Gasteiger partial charge in [0.1, 0.15) is 24.7 Å². The topological polar surface area (TPSA) is 178 Å². The van der Waals surface area contributed by atoms with Crippen LogP contribution in [0, 0.1) is 17.8 Å². The molecule has 0 aromatic heterocycles. The molecule has 0 saturated heterocycles. The minimum absolute atomic E-state index is 0.0240. The molecule has 0 radical (unpaired) electrons. The van der Waals surface area contributed by atoms with E-state index in [-0.39, 0.29) is 77.0 Å². The van der Waals surface area contributed by atoms with Crippen LogP contribution in [0.2, 0.25) is 0 Å². The number of carbonyl (C=O) groups is 2. The van der Waals surface area contributed by atoms with E-state index in [2.05, 4.69) is 30.1 Å². The summed E-state index contributed by atoms with van der Waals surface area (Å²) in [5.74, 6) is -1.51. The van der Waals surface area contributed by atoms with Crippen LogP contribution in [-0.4, -0.2) is 110 Å². The first-order valence-electron chi connectivity index (χ1n) is 25.1. The second kappa shape index (κ2) is 29.4. The highest BCUT2D eigenvalue weighted by atomic mass is 16.7. The molecule has 4 N–H and O–H groups in total. The highest BCUT2D eigenvalue weighted by Crippen LogP contribution is 2.62. The summed E-state index contributed by atoms with van der Waals surface area (Å²) < 4.78 is 32.1. The minimum Gasteiger partial charge on any atom is -0.459 e. The summed E-state index contributed by atoms with van der Waals surface area (Å²) in [4.78, 5) is 35.1. The van der Waals surface area contributed by atoms with E-state index in [0.29, 0.717) is 36.6 Å². The molecule has 372 valence electrons. The van der Waals surface area contributed by atoms with Crippen LogP contribution >= 0.6 is 0 Å². The van der Waals surface area contributed by atoms with E-state index >= 15 is 0 Å². The van der Waals surface area contributed by atoms with Crippen LogP contribution < -0.4 is 14.8 Å². The molecule has 3 aliphatic rings. The smallest absolute Gasteiger partial charge is 0.412 e. The first-order chi connectivity index (χ1) is 32.8. The van der Waals surface area contributed by atoms with Crippen molar-refractivity contribution in [3.05, 3.63) is 84.0 Å². The molecule has 67 heavy (non-hydrogen) atoms. The summed E-state index contributed by atoms with van der Waals surface area (Å²) in [7, 11) is 1.51. The summed E-state index contributed by atoms with van der Waals surface area (Å²) in [6, 6.07) is 14.2. The van der Waals surface area contributed by atoms with Gasteiger partial charge in [0.25, 0.3) is 0 Å². The summed E-state index contributed by atoms with van der Waals surface area (Å²) >= 11 is 0. The Bertz CT molecular complexity index is 1840. The Morgan fingerprint density at radius 2 is 1.60 bits per heavy atom. The molecule has 1 aliphatic heterocycles. The molecule has 1 fully saturated rings. The van der Waals surface area contributed by atoms with Gasteiger partial charge in [-0.3, -0.25) is 4.90 Å². The third-order valence-corrected chi connectivity index (χ3v) is 13.4. The van der Waals surface area contributed by atoms with E-state index in [4.69, 9.17) is 28.5 Å². The predicted molar refractivity (Wildman–Crippen MR) is 259 cm³/mol. The second-order valence-corrected chi connectivity index (χ2v) is 18.0. The van der Waals surface area contributed by atoms with Crippen LogP contribution in [0.4, 0.5) is 9.59 Å². The molecule has 0 bridgehead atoms. The van der Waals surface area contributed by atoms with E-state index in [1.807, 2.05) is 42.5 Å². The molecule has 2 amide bonds. The number of amides is 2. The Balaban J connectivity index is 1.55. The number of oxime groups is 1. The van der Waals surface area contributed by atoms with Crippen LogP contribution in [0.5, 0.6) is 11.5 Å². The van der Waals surface area contributed by atoms with Gasteiger partial charge in [-0.1, -0.05) is 125 Å². The zero-order chi connectivity index (χ0) is 47.7. The number of rotatable bonds is 32. The molecule has 14 heteroatoms. The van der Waals surface area contributed by atoms with E-state index in [0.717, 1.165) is 68.1 Å². The normalized spacial score (nSPS) is 22.2. The number of ether oxygens (including phenoxy) is 5. The molecule has 2 aromatic carbocycles. The van der Waals surface area contributed by atoms with Gasteiger partial charge in [0.05, 0.1) is 44.7 Å². The molecule has 14 nitrogen and oxygen atoms in total. The number of aliphatic hydroxyl groups excluding tert-OH is 3. The van der Waals surface area contributed by atoms with Gasteiger partial charge in [0.2, 0.25) is 5.79 Å². The van der Waals surface area contributed by atoms with Crippen molar-refractivity contribution in [3.63, 3.8) is 0 Å². The van der Waals surface area contributed by atoms with Crippen LogP contribution in [0.1, 0.15) is 133 Å². The number of unbranched alkanes of at least 4 members (excludes halogenated alkanes) is 11. The number of hydrogen-bond acceptors (Lipinski definition) is 12. The Hall–Kier alpha value is -4.47. The van der Waals surface area contributed by atoms with Crippen molar-refractivity contribution in [2.24, 2.45) is 22.9 Å². The van der Waals surface area contributed by atoms with Crippen molar-refractivity contribution in [2.45, 2.75) is 140 Å². The van der Waals surface area contributed by atoms with Crippen molar-refractivity contribution in [2.75, 3.05) is 59.9 Å². The number of nitrogens with one attached hydrogen (secondary N) is 1. The minimum atomic E-state index is -1.50. The third kappa shape index (κ3) is 15.3. The second-order valence-electron chi connectivity index (χ2n) is 18.0. The lowest BCUT2D eigenvalue weighted by molar-refractivity contribution is -0.256. The molecule has 2 aliphatic carbocycles. The maximum Gasteiger partial charge on any atom is 0.412 e. The number of carbonyl (C=O) groups excluding carboxylic acids is 2. The fourth-order valence-corrected chi connectivity index (χ4v) is 10.3. The monoisotopic (exact) mass is 934 g/mol. The molecule has 1 saturated carbocycles. The number of allylic oxidation sites excluding steroid dienone is 1. The fraction of sp³-hybridized carbons (Fsp3) is 0.642.